The fourth-order valence-corrected chi connectivity index (χ4v) is 13.2. The first-order chi connectivity index (χ1) is 29.9. The van der Waals surface area contributed by atoms with Crippen molar-refractivity contribution in [3.8, 4) is 16.3 Å². The first kappa shape index (κ1) is 39.2. The van der Waals surface area contributed by atoms with Gasteiger partial charge in [-0.05, 0) is 97.2 Å². The van der Waals surface area contributed by atoms with Crippen LogP contribution in [0.15, 0.2) is 103 Å². The van der Waals surface area contributed by atoms with Crippen LogP contribution in [0.1, 0.15) is 55.2 Å². The first-order valence-corrected chi connectivity index (χ1v) is 22.8. The number of fused-ring (bicyclic) bond motifs is 6. The Morgan fingerprint density at radius 2 is 1.60 bits per heavy atom. The molecule has 62 heavy (non-hydrogen) atoms. The number of aromatic hydroxyl groups is 1. The molecule has 1 N–H and O–H groups in total. The summed E-state index contributed by atoms with van der Waals surface area (Å²) >= 11 is 7.96. The lowest BCUT2D eigenvalue weighted by Crippen LogP contribution is -2.49. The Labute approximate surface area is 368 Å². The minimum Gasteiger partial charge on any atom is -0.507 e. The second-order valence-electron chi connectivity index (χ2n) is 18.1. The molecule has 5 heterocycles. The molecule has 6 atom stereocenters. The van der Waals surface area contributed by atoms with Crippen LogP contribution in [-0.4, -0.2) is 67.4 Å². The van der Waals surface area contributed by atoms with Gasteiger partial charge in [0.25, 0.3) is 0 Å². The molecule has 5 aliphatic rings. The Kier molecular flexibility index (Phi) is 9.16. The van der Waals surface area contributed by atoms with Gasteiger partial charge in [0.2, 0.25) is 23.6 Å². The summed E-state index contributed by atoms with van der Waals surface area (Å²) in [6.07, 6.45) is 4.17. The third-order valence-corrected chi connectivity index (χ3v) is 16.5. The maximum atomic E-state index is 15.5. The normalized spacial score (nSPS) is 26.7. The lowest BCUT2D eigenvalue weighted by molar-refractivity contribution is -0.144. The van der Waals surface area contributed by atoms with Gasteiger partial charge in [0, 0.05) is 59.8 Å². The van der Waals surface area contributed by atoms with E-state index >= 15 is 9.59 Å². The minimum atomic E-state index is -1.25. The topological polar surface area (TPSA) is 116 Å². The third kappa shape index (κ3) is 5.73. The number of nitrogens with zero attached hydrogens (tertiary/aromatic N) is 5. The molecule has 2 aromatic heterocycles. The third-order valence-electron chi connectivity index (χ3n) is 14.9. The monoisotopic (exact) mass is 863 g/mol. The van der Waals surface area contributed by atoms with E-state index in [-0.39, 0.29) is 41.8 Å². The molecule has 4 aromatic carbocycles. The van der Waals surface area contributed by atoms with Gasteiger partial charge in [-0.2, -0.15) is 5.10 Å². The zero-order valence-electron chi connectivity index (χ0n) is 34.8. The van der Waals surface area contributed by atoms with Crippen molar-refractivity contribution in [2.75, 3.05) is 18.0 Å². The van der Waals surface area contributed by atoms with Crippen LogP contribution in [-0.2, 0) is 32.8 Å². The molecule has 0 spiro atoms. The minimum absolute atomic E-state index is 0.117. The summed E-state index contributed by atoms with van der Waals surface area (Å²) in [5, 5.41) is 19.0. The molecule has 0 bridgehead atoms. The smallest absolute Gasteiger partial charge is 0.242 e. The van der Waals surface area contributed by atoms with Gasteiger partial charge >= 0.3 is 0 Å². The van der Waals surface area contributed by atoms with E-state index in [1.807, 2.05) is 86.6 Å². The van der Waals surface area contributed by atoms with Crippen LogP contribution in [0.4, 0.5) is 5.82 Å². The molecule has 0 radical (unpaired) electrons. The Balaban J connectivity index is 0.970. The zero-order valence-corrected chi connectivity index (χ0v) is 36.3. The maximum Gasteiger partial charge on any atom is 0.242 e. The molecule has 3 aliphatic heterocycles. The predicted octanol–water partition coefficient (Wildman–Crippen LogP) is 9.02. The Morgan fingerprint density at radius 1 is 0.855 bits per heavy atom. The van der Waals surface area contributed by atoms with Crippen molar-refractivity contribution < 1.29 is 24.3 Å². The Hall–Kier alpha value is -5.62. The van der Waals surface area contributed by atoms with Crippen molar-refractivity contribution in [2.24, 2.45) is 36.1 Å². The number of hydrogen-bond acceptors (Lipinski definition) is 8. The fraction of sp³-hybridized carbons (Fsp3) is 0.340. The van der Waals surface area contributed by atoms with E-state index in [9.17, 15) is 14.7 Å². The summed E-state index contributed by atoms with van der Waals surface area (Å²) in [4.78, 5) is 66.3. The van der Waals surface area contributed by atoms with Gasteiger partial charge in [0.05, 0.1) is 28.0 Å². The molecular formula is C50H46ClN5O5S. The van der Waals surface area contributed by atoms with Crippen LogP contribution in [0.25, 0.3) is 31.4 Å². The number of piperidine rings is 1. The highest BCUT2D eigenvalue weighted by atomic mass is 35.5. The number of carbonyl (C=O) groups excluding carboxylic acids is 4. The number of hydrogen-bond donors (Lipinski definition) is 1. The molecule has 314 valence electrons. The van der Waals surface area contributed by atoms with Gasteiger partial charge in [0.15, 0.2) is 0 Å². The van der Waals surface area contributed by atoms with Gasteiger partial charge < -0.3 is 5.11 Å². The van der Waals surface area contributed by atoms with Crippen molar-refractivity contribution in [2.45, 2.75) is 58.0 Å². The Morgan fingerprint density at radius 3 is 2.37 bits per heavy atom. The maximum absolute atomic E-state index is 15.5. The number of aromatic nitrogens is 2. The van der Waals surface area contributed by atoms with E-state index in [1.54, 1.807) is 34.0 Å². The SMILES string of the molecule is Cc1c(-c2cc(N3C(=O)C4CC5C(=CCC6C(=O)N(C7CCN(Cc8ccccc8)CC7)C(=O)C65)C(c5ccc(O)c6ccccc56)C4(C)C3=O)n(C)n2)sc2ccc(Cl)cc12. The van der Waals surface area contributed by atoms with Crippen LogP contribution < -0.4 is 4.90 Å². The standard InChI is InChI=1S/C50H46ClN5O5S/c1-27-36-23-29(51)13-18-41(36)62-45(27)39-25-42(53(3)52-39)56-47(59)38-24-37-34(44(50(38,2)49(56)61)33-16-17-40(57)32-12-8-7-11-31(32)33)14-15-35-43(37)48(60)55(46(35)58)30-19-21-54(22-20-30)26-28-9-5-4-6-10-28/h4-14,16-18,23,25,30,35,37-38,43-44,57H,15,19-22,24,26H2,1-3H3. The summed E-state index contributed by atoms with van der Waals surface area (Å²) in [7, 11) is 1.75. The van der Waals surface area contributed by atoms with Crippen molar-refractivity contribution in [3.05, 3.63) is 124 Å². The molecule has 3 saturated heterocycles. The lowest BCUT2D eigenvalue weighted by atomic mass is 9.51. The van der Waals surface area contributed by atoms with Gasteiger partial charge in [-0.25, -0.2) is 4.90 Å². The van der Waals surface area contributed by atoms with E-state index in [2.05, 4.69) is 23.1 Å². The number of benzene rings is 4. The largest absolute Gasteiger partial charge is 0.507 e. The summed E-state index contributed by atoms with van der Waals surface area (Å²) < 4.78 is 2.67. The molecule has 12 heteroatoms. The second kappa shape index (κ2) is 14.5. The number of likely N-dealkylation sites (tertiary alicyclic amines) is 2. The predicted molar refractivity (Wildman–Crippen MR) is 241 cm³/mol. The molecule has 6 aromatic rings. The number of aryl methyl sites for hydroxylation is 2. The first-order valence-electron chi connectivity index (χ1n) is 21.6. The van der Waals surface area contributed by atoms with Crippen molar-refractivity contribution in [3.63, 3.8) is 0 Å². The number of rotatable bonds is 6. The van der Waals surface area contributed by atoms with E-state index in [4.69, 9.17) is 16.7 Å². The Bertz CT molecular complexity index is 2910. The highest BCUT2D eigenvalue weighted by Crippen LogP contribution is 2.64. The number of allylic oxidation sites excluding steroid dienone is 2. The van der Waals surface area contributed by atoms with Gasteiger partial charge in [0.1, 0.15) is 17.3 Å². The summed E-state index contributed by atoms with van der Waals surface area (Å²) in [6, 6.07) is 28.9. The molecule has 10 nitrogen and oxygen atoms in total. The van der Waals surface area contributed by atoms with Crippen LogP contribution in [0.3, 0.4) is 0 Å². The number of phenolic OH excluding ortho intramolecular Hbond substituents is 1. The van der Waals surface area contributed by atoms with Gasteiger partial charge in [-0.1, -0.05) is 83.9 Å². The van der Waals surface area contributed by atoms with Gasteiger partial charge in [-0.3, -0.25) is 33.7 Å². The molecule has 6 unspecified atom stereocenters. The molecular weight excluding hydrogens is 818 g/mol. The number of anilines is 1. The van der Waals surface area contributed by atoms with E-state index in [1.165, 1.54) is 10.5 Å². The average Bonchev–Trinajstić information content (AvgIpc) is 3.95. The molecule has 4 fully saturated rings. The van der Waals surface area contributed by atoms with Crippen LogP contribution in [0.2, 0.25) is 5.02 Å². The number of amides is 4. The van der Waals surface area contributed by atoms with Crippen molar-refractivity contribution in [1.82, 2.24) is 19.6 Å². The second-order valence-corrected chi connectivity index (χ2v) is 19.6. The summed E-state index contributed by atoms with van der Waals surface area (Å²) in [5.41, 5.74) is 3.40. The number of phenols is 1. The quantitative estimate of drug-likeness (QED) is 0.131. The molecule has 2 aliphatic carbocycles. The number of halogens is 1. The van der Waals surface area contributed by atoms with Crippen LogP contribution >= 0.6 is 22.9 Å². The number of carbonyl (C=O) groups is 4. The van der Waals surface area contributed by atoms with E-state index in [0.717, 1.165) is 56.7 Å². The van der Waals surface area contributed by atoms with Crippen molar-refractivity contribution >= 4 is 73.2 Å². The van der Waals surface area contributed by atoms with Crippen LogP contribution in [0.5, 0.6) is 5.75 Å². The highest BCUT2D eigenvalue weighted by molar-refractivity contribution is 7.22. The average molecular weight is 864 g/mol. The summed E-state index contributed by atoms with van der Waals surface area (Å²) in [6.45, 7) is 6.33. The van der Waals surface area contributed by atoms with Crippen LogP contribution in [0, 0.1) is 36.0 Å². The van der Waals surface area contributed by atoms with E-state index in [0.29, 0.717) is 41.2 Å². The highest BCUT2D eigenvalue weighted by Gasteiger charge is 2.68. The fourth-order valence-electron chi connectivity index (χ4n) is 11.9. The van der Waals surface area contributed by atoms with Crippen molar-refractivity contribution in [1.29, 1.82) is 0 Å². The molecule has 11 rings (SSSR count). The van der Waals surface area contributed by atoms with Gasteiger partial charge in [-0.15, -0.1) is 11.3 Å². The summed E-state index contributed by atoms with van der Waals surface area (Å²) in [5.74, 6) is -3.44. The molecule has 1 saturated carbocycles. The molecule has 4 amide bonds. The number of thiophene rings is 1. The lowest BCUT2D eigenvalue weighted by Gasteiger charge is -2.49. The number of imide groups is 2. The zero-order chi connectivity index (χ0) is 42.8. The van der Waals surface area contributed by atoms with E-state index < -0.39 is 35.0 Å².